The molecule has 0 unspecified atom stereocenters. The second kappa shape index (κ2) is 8.57. The Morgan fingerprint density at radius 1 is 1.11 bits per heavy atom. The van der Waals surface area contributed by atoms with Gasteiger partial charge in [-0.25, -0.2) is 14.2 Å². The molecule has 0 fully saturated rings. The van der Waals surface area contributed by atoms with E-state index < -0.39 is 11.8 Å². The van der Waals surface area contributed by atoms with Crippen LogP contribution in [0, 0.1) is 5.82 Å². The van der Waals surface area contributed by atoms with Crippen LogP contribution in [-0.4, -0.2) is 24.3 Å². The van der Waals surface area contributed by atoms with Crippen LogP contribution < -0.4 is 14.9 Å². The summed E-state index contributed by atoms with van der Waals surface area (Å²) in [4.78, 5) is 16.3. The first-order chi connectivity index (χ1) is 13.2. The molecule has 0 saturated heterocycles. The molecule has 6 nitrogen and oxygen atoms in total. The zero-order valence-electron chi connectivity index (χ0n) is 14.4. The Balaban J connectivity index is 1.70. The predicted molar refractivity (Wildman–Crippen MR) is 99.8 cm³/mol. The van der Waals surface area contributed by atoms with E-state index >= 15 is 0 Å². The van der Waals surface area contributed by atoms with Crippen molar-refractivity contribution in [1.29, 1.82) is 0 Å². The molecule has 2 aromatic carbocycles. The van der Waals surface area contributed by atoms with Crippen molar-refractivity contribution in [2.24, 2.45) is 5.10 Å². The first-order valence-corrected chi connectivity index (χ1v) is 8.01. The Hall–Kier alpha value is -3.74. The maximum Gasteiger partial charge on any atom is 0.343 e. The van der Waals surface area contributed by atoms with E-state index in [-0.39, 0.29) is 11.3 Å². The van der Waals surface area contributed by atoms with Crippen molar-refractivity contribution in [3.63, 3.8) is 0 Å². The number of hydrogen-bond donors (Lipinski definition) is 1. The van der Waals surface area contributed by atoms with Crippen LogP contribution in [-0.2, 0) is 0 Å². The van der Waals surface area contributed by atoms with Gasteiger partial charge in [-0.05, 0) is 60.2 Å². The molecule has 1 aromatic heterocycles. The van der Waals surface area contributed by atoms with E-state index in [2.05, 4.69) is 15.5 Å². The molecule has 0 saturated carbocycles. The van der Waals surface area contributed by atoms with E-state index in [1.807, 2.05) is 12.1 Å². The summed E-state index contributed by atoms with van der Waals surface area (Å²) in [7, 11) is 1.47. The predicted octanol–water partition coefficient (Wildman–Crippen LogP) is 3.89. The fourth-order valence-electron chi connectivity index (χ4n) is 2.20. The van der Waals surface area contributed by atoms with Gasteiger partial charge in [0.1, 0.15) is 11.6 Å². The summed E-state index contributed by atoms with van der Waals surface area (Å²) in [5.74, 6) is 0.207. The number of carbonyl (C=O) groups is 1. The molecule has 1 N–H and O–H groups in total. The summed E-state index contributed by atoms with van der Waals surface area (Å²) in [6, 6.07) is 15.5. The standard InChI is InChI=1S/C20H16FN3O3/c1-26-18-12-14(13-23-24-19-4-2-3-11-22-19)5-10-17(18)27-20(25)15-6-8-16(21)9-7-15/h2-13H,1H3,(H,22,24)/b23-13-. The summed E-state index contributed by atoms with van der Waals surface area (Å²) in [6.07, 6.45) is 3.24. The lowest BCUT2D eigenvalue weighted by atomic mass is 10.2. The number of halogens is 1. The minimum Gasteiger partial charge on any atom is -0.493 e. The van der Waals surface area contributed by atoms with Crippen molar-refractivity contribution < 1.29 is 18.7 Å². The van der Waals surface area contributed by atoms with Gasteiger partial charge in [-0.2, -0.15) is 5.10 Å². The summed E-state index contributed by atoms with van der Waals surface area (Å²) in [6.45, 7) is 0. The fourth-order valence-corrected chi connectivity index (χ4v) is 2.20. The van der Waals surface area contributed by atoms with Crippen molar-refractivity contribution in [2.45, 2.75) is 0 Å². The monoisotopic (exact) mass is 365 g/mol. The summed E-state index contributed by atoms with van der Waals surface area (Å²) < 4.78 is 23.6. The van der Waals surface area contributed by atoms with Crippen LogP contribution in [0.1, 0.15) is 15.9 Å². The number of hydrogen-bond acceptors (Lipinski definition) is 6. The molecule has 0 atom stereocenters. The van der Waals surface area contributed by atoms with E-state index in [0.717, 1.165) is 5.56 Å². The van der Waals surface area contributed by atoms with Gasteiger partial charge in [0.25, 0.3) is 0 Å². The largest absolute Gasteiger partial charge is 0.493 e. The maximum atomic E-state index is 13.0. The van der Waals surface area contributed by atoms with E-state index in [4.69, 9.17) is 9.47 Å². The van der Waals surface area contributed by atoms with Gasteiger partial charge >= 0.3 is 5.97 Å². The number of carbonyl (C=O) groups excluding carboxylic acids is 1. The van der Waals surface area contributed by atoms with Crippen LogP contribution in [0.4, 0.5) is 10.2 Å². The number of esters is 1. The smallest absolute Gasteiger partial charge is 0.343 e. The van der Waals surface area contributed by atoms with Gasteiger partial charge in [0.2, 0.25) is 0 Å². The highest BCUT2D eigenvalue weighted by atomic mass is 19.1. The summed E-state index contributed by atoms with van der Waals surface area (Å²) in [5.41, 5.74) is 3.78. The second-order valence-electron chi connectivity index (χ2n) is 5.39. The minimum absolute atomic E-state index is 0.239. The molecule has 0 spiro atoms. The third-order valence-corrected chi connectivity index (χ3v) is 3.53. The van der Waals surface area contributed by atoms with Crippen molar-refractivity contribution in [3.8, 4) is 11.5 Å². The third kappa shape index (κ3) is 4.88. The van der Waals surface area contributed by atoms with Gasteiger partial charge in [-0.15, -0.1) is 0 Å². The summed E-state index contributed by atoms with van der Waals surface area (Å²) in [5, 5.41) is 4.10. The molecule has 0 aliphatic heterocycles. The highest BCUT2D eigenvalue weighted by Gasteiger charge is 2.13. The van der Waals surface area contributed by atoms with Crippen molar-refractivity contribution in [2.75, 3.05) is 12.5 Å². The van der Waals surface area contributed by atoms with Crippen LogP contribution in [0.3, 0.4) is 0 Å². The lowest BCUT2D eigenvalue weighted by molar-refractivity contribution is 0.0729. The number of methoxy groups -OCH3 is 1. The average molecular weight is 365 g/mol. The number of benzene rings is 2. The lowest BCUT2D eigenvalue weighted by Gasteiger charge is -2.10. The van der Waals surface area contributed by atoms with Crippen molar-refractivity contribution in [1.82, 2.24) is 4.98 Å². The molecule has 136 valence electrons. The van der Waals surface area contributed by atoms with Gasteiger partial charge in [0.05, 0.1) is 18.9 Å². The van der Waals surface area contributed by atoms with E-state index in [9.17, 15) is 9.18 Å². The molecule has 3 aromatic rings. The van der Waals surface area contributed by atoms with E-state index in [0.29, 0.717) is 11.6 Å². The Morgan fingerprint density at radius 2 is 1.93 bits per heavy atom. The number of rotatable bonds is 6. The fraction of sp³-hybridized carbons (Fsp3) is 0.0500. The molecule has 0 amide bonds. The van der Waals surface area contributed by atoms with Gasteiger partial charge < -0.3 is 9.47 Å². The number of nitrogens with one attached hydrogen (secondary N) is 1. The molecule has 3 rings (SSSR count). The van der Waals surface area contributed by atoms with Gasteiger partial charge in [0, 0.05) is 6.20 Å². The normalized spacial score (nSPS) is 10.6. The molecular weight excluding hydrogens is 349 g/mol. The average Bonchev–Trinajstić information content (AvgIpc) is 2.70. The number of anilines is 1. The number of pyridine rings is 1. The number of ether oxygens (including phenoxy) is 2. The SMILES string of the molecule is COc1cc(/C=N\Nc2ccccn2)ccc1OC(=O)c1ccc(F)cc1. The molecular formula is C20H16FN3O3. The first-order valence-electron chi connectivity index (χ1n) is 8.01. The third-order valence-electron chi connectivity index (χ3n) is 3.53. The number of nitrogens with zero attached hydrogens (tertiary/aromatic N) is 2. The van der Waals surface area contributed by atoms with E-state index in [1.165, 1.54) is 31.4 Å². The Bertz CT molecular complexity index is 944. The molecule has 0 aliphatic carbocycles. The lowest BCUT2D eigenvalue weighted by Crippen LogP contribution is -2.09. The molecule has 0 bridgehead atoms. The van der Waals surface area contributed by atoms with Gasteiger partial charge in [-0.3, -0.25) is 5.43 Å². The van der Waals surface area contributed by atoms with Crippen LogP contribution in [0.2, 0.25) is 0 Å². The summed E-state index contributed by atoms with van der Waals surface area (Å²) >= 11 is 0. The first kappa shape index (κ1) is 18.1. The zero-order valence-corrected chi connectivity index (χ0v) is 14.4. The second-order valence-corrected chi connectivity index (χ2v) is 5.39. The van der Waals surface area contributed by atoms with Gasteiger partial charge in [0.15, 0.2) is 11.5 Å². The van der Waals surface area contributed by atoms with Crippen LogP contribution in [0.15, 0.2) is 72.0 Å². The number of hydrazone groups is 1. The zero-order chi connectivity index (χ0) is 19.1. The van der Waals surface area contributed by atoms with Crippen LogP contribution in [0.5, 0.6) is 11.5 Å². The molecule has 27 heavy (non-hydrogen) atoms. The highest BCUT2D eigenvalue weighted by molar-refractivity contribution is 5.91. The minimum atomic E-state index is -0.605. The van der Waals surface area contributed by atoms with E-state index in [1.54, 1.807) is 36.7 Å². The van der Waals surface area contributed by atoms with Crippen LogP contribution >= 0.6 is 0 Å². The van der Waals surface area contributed by atoms with Crippen molar-refractivity contribution in [3.05, 3.63) is 83.8 Å². The molecule has 1 heterocycles. The highest BCUT2D eigenvalue weighted by Crippen LogP contribution is 2.28. The van der Waals surface area contributed by atoms with Gasteiger partial charge in [-0.1, -0.05) is 6.07 Å². The van der Waals surface area contributed by atoms with Crippen molar-refractivity contribution >= 4 is 18.0 Å². The Labute approximate surface area is 155 Å². The molecule has 7 heteroatoms. The van der Waals surface area contributed by atoms with Crippen LogP contribution in [0.25, 0.3) is 0 Å². The quantitative estimate of drug-likeness (QED) is 0.310. The molecule has 0 radical (unpaired) electrons. The topological polar surface area (TPSA) is 72.8 Å². The molecule has 0 aliphatic rings. The maximum absolute atomic E-state index is 13.0. The Kier molecular flexibility index (Phi) is 5.73. The Morgan fingerprint density at radius 3 is 2.63 bits per heavy atom. The number of aromatic nitrogens is 1.